The van der Waals surface area contributed by atoms with Gasteiger partial charge >= 0.3 is 6.11 Å². The first-order chi connectivity index (χ1) is 7.63. The number of rotatable bonds is 3. The van der Waals surface area contributed by atoms with Crippen LogP contribution in [0.25, 0.3) is 0 Å². The van der Waals surface area contributed by atoms with E-state index in [0.717, 1.165) is 5.56 Å². The van der Waals surface area contributed by atoms with Crippen molar-refractivity contribution in [3.63, 3.8) is 0 Å². The highest BCUT2D eigenvalue weighted by Crippen LogP contribution is 2.35. The fraction of sp³-hybridized carbons (Fsp3) is 0.538. The van der Waals surface area contributed by atoms with Gasteiger partial charge in [-0.05, 0) is 23.6 Å². The zero-order chi connectivity index (χ0) is 13.3. The monoisotopic (exact) mass is 244 g/mol. The average molecular weight is 244 g/mol. The molecule has 0 aliphatic carbocycles. The molecule has 4 heteroatoms. The maximum Gasteiger partial charge on any atom is 0.394 e. The minimum absolute atomic E-state index is 0.142. The van der Waals surface area contributed by atoms with E-state index in [2.05, 4.69) is 4.74 Å². The number of halogens is 2. The summed E-state index contributed by atoms with van der Waals surface area (Å²) in [5.74, 6) is 0.812. The molecule has 0 spiro atoms. The summed E-state index contributed by atoms with van der Waals surface area (Å²) < 4.78 is 35.3. The molecule has 0 heterocycles. The summed E-state index contributed by atoms with van der Waals surface area (Å²) in [6, 6.07) is 4.71. The molecule has 0 aromatic heterocycles. The number of hydrogen-bond donors (Lipinski definition) is 0. The Hall–Kier alpha value is -1.32. The average Bonchev–Trinajstić information content (AvgIpc) is 2.13. The molecule has 1 rings (SSSR count). The molecular weight excluding hydrogens is 226 g/mol. The summed E-state index contributed by atoms with van der Waals surface area (Å²) in [5, 5.41) is 0. The van der Waals surface area contributed by atoms with Crippen molar-refractivity contribution in [3.05, 3.63) is 23.8 Å². The van der Waals surface area contributed by atoms with Gasteiger partial charge in [-0.15, -0.1) is 0 Å². The smallest absolute Gasteiger partial charge is 0.394 e. The van der Waals surface area contributed by atoms with Crippen LogP contribution in [0.1, 0.15) is 33.3 Å². The minimum Gasteiger partial charge on any atom is -0.496 e. The number of methoxy groups -OCH3 is 1. The van der Waals surface area contributed by atoms with Crippen molar-refractivity contribution in [1.29, 1.82) is 0 Å². The molecule has 0 bridgehead atoms. The topological polar surface area (TPSA) is 18.5 Å². The molecule has 0 N–H and O–H groups in total. The van der Waals surface area contributed by atoms with Crippen LogP contribution in [0.4, 0.5) is 8.78 Å². The maximum atomic E-state index is 12.8. The van der Waals surface area contributed by atoms with Crippen molar-refractivity contribution >= 4 is 0 Å². The molecule has 0 aliphatic heterocycles. The van der Waals surface area contributed by atoms with E-state index in [0.29, 0.717) is 12.7 Å². The Kier molecular flexibility index (Phi) is 3.65. The molecule has 0 atom stereocenters. The van der Waals surface area contributed by atoms with E-state index in [1.165, 1.54) is 6.07 Å². The summed E-state index contributed by atoms with van der Waals surface area (Å²) in [4.78, 5) is 0. The standard InChI is InChI=1S/C13H18F2O2/c1-12(2,3)10-8-9(17-13(4,14)15)6-7-11(10)16-5/h6-8H,1-5H3. The summed E-state index contributed by atoms with van der Waals surface area (Å²) in [6.07, 6.45) is -3.18. The number of alkyl halides is 2. The van der Waals surface area contributed by atoms with E-state index in [1.54, 1.807) is 19.2 Å². The van der Waals surface area contributed by atoms with Gasteiger partial charge in [-0.1, -0.05) is 20.8 Å². The molecule has 0 aliphatic rings. The van der Waals surface area contributed by atoms with Crippen molar-refractivity contribution in [1.82, 2.24) is 0 Å². The van der Waals surface area contributed by atoms with Crippen LogP contribution in [0.5, 0.6) is 11.5 Å². The first-order valence-corrected chi connectivity index (χ1v) is 5.39. The zero-order valence-electron chi connectivity index (χ0n) is 10.8. The molecule has 0 saturated heterocycles. The number of benzene rings is 1. The van der Waals surface area contributed by atoms with E-state index < -0.39 is 6.11 Å². The Morgan fingerprint density at radius 2 is 1.65 bits per heavy atom. The van der Waals surface area contributed by atoms with Crippen molar-refractivity contribution in [2.75, 3.05) is 7.11 Å². The minimum atomic E-state index is -3.18. The molecule has 1 aromatic rings. The van der Waals surface area contributed by atoms with Crippen molar-refractivity contribution in [3.8, 4) is 11.5 Å². The quantitative estimate of drug-likeness (QED) is 0.800. The molecule has 96 valence electrons. The Morgan fingerprint density at radius 3 is 2.06 bits per heavy atom. The fourth-order valence-corrected chi connectivity index (χ4v) is 1.54. The largest absolute Gasteiger partial charge is 0.496 e. The van der Waals surface area contributed by atoms with Gasteiger partial charge in [-0.25, -0.2) is 0 Å². The normalized spacial score (nSPS) is 12.4. The Bertz CT molecular complexity index is 389. The van der Waals surface area contributed by atoms with Gasteiger partial charge in [0.25, 0.3) is 0 Å². The van der Waals surface area contributed by atoms with E-state index >= 15 is 0 Å². The lowest BCUT2D eigenvalue weighted by Gasteiger charge is -2.23. The third kappa shape index (κ3) is 3.88. The fourth-order valence-electron chi connectivity index (χ4n) is 1.54. The van der Waals surface area contributed by atoms with Crippen molar-refractivity contribution in [2.45, 2.75) is 39.2 Å². The van der Waals surface area contributed by atoms with Gasteiger partial charge in [-0.3, -0.25) is 0 Å². The highest BCUT2D eigenvalue weighted by molar-refractivity contribution is 5.44. The molecular formula is C13H18F2O2. The molecule has 1 aromatic carbocycles. The second-order valence-electron chi connectivity index (χ2n) is 5.02. The van der Waals surface area contributed by atoms with Crippen LogP contribution in [-0.4, -0.2) is 13.2 Å². The summed E-state index contributed by atoms with van der Waals surface area (Å²) >= 11 is 0. The van der Waals surface area contributed by atoms with E-state index in [4.69, 9.17) is 4.74 Å². The lowest BCUT2D eigenvalue weighted by Crippen LogP contribution is -2.20. The summed E-state index contributed by atoms with van der Waals surface area (Å²) in [6.45, 7) is 6.67. The summed E-state index contributed by atoms with van der Waals surface area (Å²) in [5.41, 5.74) is 0.634. The van der Waals surface area contributed by atoms with E-state index in [9.17, 15) is 8.78 Å². The van der Waals surface area contributed by atoms with Crippen LogP contribution in [0.2, 0.25) is 0 Å². The van der Waals surface area contributed by atoms with E-state index in [1.807, 2.05) is 20.8 Å². The highest BCUT2D eigenvalue weighted by Gasteiger charge is 2.25. The molecule has 0 fully saturated rings. The molecule has 0 unspecified atom stereocenters. The third-order valence-electron chi connectivity index (χ3n) is 2.28. The van der Waals surface area contributed by atoms with Gasteiger partial charge in [0.05, 0.1) is 7.11 Å². The van der Waals surface area contributed by atoms with Crippen LogP contribution in [-0.2, 0) is 5.41 Å². The summed E-state index contributed by atoms with van der Waals surface area (Å²) in [7, 11) is 1.56. The van der Waals surface area contributed by atoms with Gasteiger partial charge < -0.3 is 9.47 Å². The van der Waals surface area contributed by atoms with Crippen LogP contribution >= 0.6 is 0 Å². The van der Waals surface area contributed by atoms with Crippen molar-refractivity contribution in [2.24, 2.45) is 0 Å². The molecule has 0 saturated carbocycles. The Morgan fingerprint density at radius 1 is 1.06 bits per heavy atom. The molecule has 0 radical (unpaired) electrons. The van der Waals surface area contributed by atoms with Gasteiger partial charge in [0.1, 0.15) is 11.5 Å². The SMILES string of the molecule is COc1ccc(OC(C)(F)F)cc1C(C)(C)C. The predicted molar refractivity (Wildman–Crippen MR) is 62.9 cm³/mol. The highest BCUT2D eigenvalue weighted by atomic mass is 19.3. The van der Waals surface area contributed by atoms with Gasteiger partial charge in [-0.2, -0.15) is 8.78 Å². The Labute approximate surface area is 101 Å². The van der Waals surface area contributed by atoms with Crippen LogP contribution in [0.3, 0.4) is 0 Å². The zero-order valence-corrected chi connectivity index (χ0v) is 10.8. The van der Waals surface area contributed by atoms with Gasteiger partial charge in [0, 0.05) is 12.5 Å². The van der Waals surface area contributed by atoms with Gasteiger partial charge in [0.2, 0.25) is 0 Å². The molecule has 2 nitrogen and oxygen atoms in total. The maximum absolute atomic E-state index is 12.8. The lowest BCUT2D eigenvalue weighted by molar-refractivity contribution is -0.159. The first-order valence-electron chi connectivity index (χ1n) is 5.39. The van der Waals surface area contributed by atoms with E-state index in [-0.39, 0.29) is 11.2 Å². The number of ether oxygens (including phenoxy) is 2. The second-order valence-corrected chi connectivity index (χ2v) is 5.02. The van der Waals surface area contributed by atoms with Crippen LogP contribution < -0.4 is 9.47 Å². The first kappa shape index (κ1) is 13.7. The van der Waals surface area contributed by atoms with Crippen LogP contribution in [0, 0.1) is 0 Å². The molecule has 0 amide bonds. The second kappa shape index (κ2) is 4.51. The lowest BCUT2D eigenvalue weighted by atomic mass is 9.86. The van der Waals surface area contributed by atoms with Crippen molar-refractivity contribution < 1.29 is 18.3 Å². The third-order valence-corrected chi connectivity index (χ3v) is 2.28. The predicted octanol–water partition coefficient (Wildman–Crippen LogP) is 3.98. The van der Waals surface area contributed by atoms with Gasteiger partial charge in [0.15, 0.2) is 0 Å². The Balaban J connectivity index is 3.14. The molecule has 17 heavy (non-hydrogen) atoms. The number of hydrogen-bond acceptors (Lipinski definition) is 2. The van der Waals surface area contributed by atoms with Crippen LogP contribution in [0.15, 0.2) is 18.2 Å².